The zero-order valence-electron chi connectivity index (χ0n) is 16.9. The molecule has 3 aromatic carbocycles. The van der Waals surface area contributed by atoms with E-state index in [0.717, 1.165) is 28.9 Å². The highest BCUT2D eigenvalue weighted by atomic mass is 16.5. The van der Waals surface area contributed by atoms with Crippen LogP contribution in [0.5, 0.6) is 5.75 Å². The number of para-hydroxylation sites is 1. The van der Waals surface area contributed by atoms with Crippen molar-refractivity contribution in [1.82, 2.24) is 0 Å². The van der Waals surface area contributed by atoms with Gasteiger partial charge in [0.1, 0.15) is 5.75 Å². The number of hydrogen-bond acceptors (Lipinski definition) is 3. The highest BCUT2D eigenvalue weighted by molar-refractivity contribution is 5.98. The Bertz CT molecular complexity index is 1050. The van der Waals surface area contributed by atoms with Crippen LogP contribution in [0, 0.1) is 0 Å². The van der Waals surface area contributed by atoms with Gasteiger partial charge in [-0.05, 0) is 37.1 Å². The molecule has 5 nitrogen and oxygen atoms in total. The van der Waals surface area contributed by atoms with E-state index in [0.29, 0.717) is 18.7 Å². The first kappa shape index (κ1) is 19.7. The van der Waals surface area contributed by atoms with Crippen molar-refractivity contribution in [2.24, 2.45) is 0 Å². The zero-order chi connectivity index (χ0) is 20.9. The lowest BCUT2D eigenvalue weighted by molar-refractivity contribution is -0.122. The molecule has 1 atom stereocenters. The number of hydrogen-bond donors (Lipinski definition) is 1. The molecule has 0 bridgehead atoms. The minimum absolute atomic E-state index is 0.121. The van der Waals surface area contributed by atoms with Crippen LogP contribution in [0.3, 0.4) is 0 Å². The maximum atomic E-state index is 12.8. The third-order valence-electron chi connectivity index (χ3n) is 5.15. The molecule has 2 amide bonds. The number of benzene rings is 3. The fourth-order valence-electron chi connectivity index (χ4n) is 3.60. The van der Waals surface area contributed by atoms with Crippen molar-refractivity contribution in [3.8, 4) is 16.9 Å². The topological polar surface area (TPSA) is 58.6 Å². The quantitative estimate of drug-likeness (QED) is 0.641. The first-order chi connectivity index (χ1) is 14.6. The van der Waals surface area contributed by atoms with Crippen LogP contribution in [0.4, 0.5) is 11.4 Å². The lowest BCUT2D eigenvalue weighted by Crippen LogP contribution is -2.30. The summed E-state index contributed by atoms with van der Waals surface area (Å²) in [6, 6.07) is 25.0. The summed E-state index contributed by atoms with van der Waals surface area (Å²) in [6.07, 6.45) is 0.743. The van der Waals surface area contributed by atoms with Crippen molar-refractivity contribution < 1.29 is 14.3 Å². The smallest absolute Gasteiger partial charge is 0.265 e. The van der Waals surface area contributed by atoms with E-state index in [1.165, 1.54) is 0 Å². The molecule has 0 spiro atoms. The number of anilines is 2. The summed E-state index contributed by atoms with van der Waals surface area (Å²) in [7, 11) is 0. The molecule has 152 valence electrons. The molecule has 1 heterocycles. The second-order valence-corrected chi connectivity index (χ2v) is 7.31. The van der Waals surface area contributed by atoms with Crippen LogP contribution < -0.4 is 15.0 Å². The van der Waals surface area contributed by atoms with Crippen molar-refractivity contribution in [2.45, 2.75) is 25.9 Å². The Morgan fingerprint density at radius 3 is 2.53 bits per heavy atom. The van der Waals surface area contributed by atoms with Gasteiger partial charge in [-0.2, -0.15) is 0 Å². The van der Waals surface area contributed by atoms with Crippen LogP contribution in [-0.4, -0.2) is 24.5 Å². The number of carbonyl (C=O) groups excluding carboxylic acids is 2. The van der Waals surface area contributed by atoms with Crippen molar-refractivity contribution in [3.05, 3.63) is 78.9 Å². The predicted molar refractivity (Wildman–Crippen MR) is 119 cm³/mol. The Morgan fingerprint density at radius 1 is 1.00 bits per heavy atom. The first-order valence-corrected chi connectivity index (χ1v) is 10.1. The molecule has 3 aromatic rings. The van der Waals surface area contributed by atoms with E-state index in [1.807, 2.05) is 72.8 Å². The van der Waals surface area contributed by atoms with E-state index >= 15 is 0 Å². The Morgan fingerprint density at radius 2 is 1.77 bits per heavy atom. The van der Waals surface area contributed by atoms with Gasteiger partial charge in [0.2, 0.25) is 5.91 Å². The normalized spacial score (nSPS) is 14.4. The van der Waals surface area contributed by atoms with Gasteiger partial charge in [-0.15, -0.1) is 0 Å². The number of ether oxygens (including phenoxy) is 1. The SMILES string of the molecule is CC(Oc1cccc(N2CCCC2=O)c1)C(=O)Nc1ccccc1-c1ccccc1. The molecule has 0 radical (unpaired) electrons. The average Bonchev–Trinajstić information content (AvgIpc) is 3.21. The molecule has 0 aliphatic carbocycles. The van der Waals surface area contributed by atoms with Crippen molar-refractivity contribution in [3.63, 3.8) is 0 Å². The molecule has 1 N–H and O–H groups in total. The van der Waals surface area contributed by atoms with Crippen LogP contribution in [0.25, 0.3) is 11.1 Å². The molecule has 0 saturated carbocycles. The number of rotatable bonds is 6. The zero-order valence-corrected chi connectivity index (χ0v) is 16.9. The fourth-order valence-corrected chi connectivity index (χ4v) is 3.60. The van der Waals surface area contributed by atoms with E-state index in [9.17, 15) is 9.59 Å². The van der Waals surface area contributed by atoms with Gasteiger partial charge >= 0.3 is 0 Å². The van der Waals surface area contributed by atoms with Crippen LogP contribution in [0.1, 0.15) is 19.8 Å². The Labute approximate surface area is 176 Å². The maximum absolute atomic E-state index is 12.8. The van der Waals surface area contributed by atoms with Gasteiger partial charge in [-0.25, -0.2) is 0 Å². The van der Waals surface area contributed by atoms with Crippen molar-refractivity contribution in [1.29, 1.82) is 0 Å². The highest BCUT2D eigenvalue weighted by Crippen LogP contribution is 2.29. The second-order valence-electron chi connectivity index (χ2n) is 7.31. The molecule has 30 heavy (non-hydrogen) atoms. The third-order valence-corrected chi connectivity index (χ3v) is 5.15. The van der Waals surface area contributed by atoms with E-state index in [4.69, 9.17) is 4.74 Å². The first-order valence-electron chi connectivity index (χ1n) is 10.1. The summed E-state index contributed by atoms with van der Waals surface area (Å²) in [5, 5.41) is 2.98. The monoisotopic (exact) mass is 400 g/mol. The summed E-state index contributed by atoms with van der Waals surface area (Å²) >= 11 is 0. The van der Waals surface area contributed by atoms with Crippen molar-refractivity contribution >= 4 is 23.2 Å². The molecule has 1 fully saturated rings. The maximum Gasteiger partial charge on any atom is 0.265 e. The number of amides is 2. The molecular weight excluding hydrogens is 376 g/mol. The van der Waals surface area contributed by atoms with Gasteiger partial charge in [0.15, 0.2) is 6.10 Å². The largest absolute Gasteiger partial charge is 0.481 e. The molecule has 1 aliphatic heterocycles. The number of nitrogens with one attached hydrogen (secondary N) is 1. The summed E-state index contributed by atoms with van der Waals surface area (Å²) in [4.78, 5) is 26.5. The molecule has 1 unspecified atom stereocenters. The van der Waals surface area contributed by atoms with E-state index < -0.39 is 6.10 Å². The fraction of sp³-hybridized carbons (Fsp3) is 0.200. The van der Waals surface area contributed by atoms with Gasteiger partial charge in [0, 0.05) is 36.0 Å². The highest BCUT2D eigenvalue weighted by Gasteiger charge is 2.22. The lowest BCUT2D eigenvalue weighted by Gasteiger charge is -2.19. The van der Waals surface area contributed by atoms with Gasteiger partial charge in [-0.1, -0.05) is 54.6 Å². The van der Waals surface area contributed by atoms with Crippen molar-refractivity contribution in [2.75, 3.05) is 16.8 Å². The van der Waals surface area contributed by atoms with Crippen LogP contribution in [-0.2, 0) is 9.59 Å². The molecule has 1 saturated heterocycles. The molecular formula is C25H24N2O3. The number of carbonyl (C=O) groups is 2. The van der Waals surface area contributed by atoms with E-state index in [-0.39, 0.29) is 11.8 Å². The summed E-state index contributed by atoms with van der Waals surface area (Å²) < 4.78 is 5.88. The van der Waals surface area contributed by atoms with Gasteiger partial charge in [-0.3, -0.25) is 9.59 Å². The summed E-state index contributed by atoms with van der Waals surface area (Å²) in [6.45, 7) is 2.43. The van der Waals surface area contributed by atoms with Crippen LogP contribution in [0.15, 0.2) is 78.9 Å². The molecule has 4 rings (SSSR count). The Balaban J connectivity index is 1.46. The van der Waals surface area contributed by atoms with E-state index in [1.54, 1.807) is 17.9 Å². The summed E-state index contributed by atoms with van der Waals surface area (Å²) in [5.41, 5.74) is 3.52. The predicted octanol–water partition coefficient (Wildman–Crippen LogP) is 4.89. The number of nitrogens with zero attached hydrogens (tertiary/aromatic N) is 1. The lowest BCUT2D eigenvalue weighted by atomic mass is 10.0. The third kappa shape index (κ3) is 4.35. The minimum Gasteiger partial charge on any atom is -0.481 e. The van der Waals surface area contributed by atoms with Crippen LogP contribution in [0.2, 0.25) is 0 Å². The minimum atomic E-state index is -0.696. The van der Waals surface area contributed by atoms with Gasteiger partial charge in [0.05, 0.1) is 0 Å². The Kier molecular flexibility index (Phi) is 5.80. The van der Waals surface area contributed by atoms with Gasteiger partial charge in [0.25, 0.3) is 5.91 Å². The average molecular weight is 400 g/mol. The van der Waals surface area contributed by atoms with E-state index in [2.05, 4.69) is 5.32 Å². The molecule has 5 heteroatoms. The molecule has 0 aromatic heterocycles. The second kappa shape index (κ2) is 8.82. The Hall–Kier alpha value is -3.60. The van der Waals surface area contributed by atoms with Gasteiger partial charge < -0.3 is 15.0 Å². The summed E-state index contributed by atoms with van der Waals surface area (Å²) in [5.74, 6) is 0.447. The van der Waals surface area contributed by atoms with Crippen LogP contribution >= 0.6 is 0 Å². The molecule has 1 aliphatic rings. The standard InChI is InChI=1S/C25H24N2O3/c1-18(30-21-12-7-11-20(17-21)27-16-8-15-24(27)28)25(29)26-23-14-6-5-13-22(23)19-9-3-2-4-10-19/h2-7,9-14,17-18H,8,15-16H2,1H3,(H,26,29).